The molecule has 0 aromatic heterocycles. The van der Waals surface area contributed by atoms with E-state index >= 15 is 0 Å². The Labute approximate surface area is 159 Å². The zero-order valence-electron chi connectivity index (χ0n) is 15.9. The molecule has 0 bridgehead atoms. The molecule has 2 aromatic rings. The van der Waals surface area contributed by atoms with Gasteiger partial charge >= 0.3 is 0 Å². The Hall–Kier alpha value is -3.15. The topological polar surface area (TPSA) is 78.5 Å². The molecule has 0 radical (unpaired) electrons. The second kappa shape index (κ2) is 9.52. The summed E-state index contributed by atoms with van der Waals surface area (Å²) in [6.45, 7) is 5.64. The third-order valence-corrected chi connectivity index (χ3v) is 3.98. The number of aryl methyl sites for hydroxylation is 1. The van der Waals surface area contributed by atoms with Crippen LogP contribution in [0.25, 0.3) is 0 Å². The van der Waals surface area contributed by atoms with Gasteiger partial charge in [-0.3, -0.25) is 14.4 Å². The molecule has 0 fully saturated rings. The maximum Gasteiger partial charge on any atom is 0.224 e. The molecule has 0 saturated heterocycles. The molecule has 0 spiro atoms. The monoisotopic (exact) mass is 367 g/mol. The lowest BCUT2D eigenvalue weighted by Crippen LogP contribution is -2.38. The lowest BCUT2D eigenvalue weighted by Gasteiger charge is -2.21. The van der Waals surface area contributed by atoms with Crippen molar-refractivity contribution in [1.29, 1.82) is 0 Å². The molecular formula is C21H25N3O3. The van der Waals surface area contributed by atoms with E-state index in [-0.39, 0.29) is 17.7 Å². The molecule has 2 rings (SSSR count). The van der Waals surface area contributed by atoms with Crippen LogP contribution in [0.1, 0.15) is 25.0 Å². The zero-order valence-corrected chi connectivity index (χ0v) is 15.9. The number of hydrogen-bond acceptors (Lipinski definition) is 3. The van der Waals surface area contributed by atoms with E-state index < -0.39 is 0 Å². The van der Waals surface area contributed by atoms with Crippen LogP contribution in [0.4, 0.5) is 11.4 Å². The van der Waals surface area contributed by atoms with Gasteiger partial charge in [0, 0.05) is 38.3 Å². The molecular weight excluding hydrogens is 342 g/mol. The molecule has 2 N–H and O–H groups in total. The molecule has 27 heavy (non-hydrogen) atoms. The number of carbonyl (C=O) groups is 3. The molecule has 0 heterocycles. The SMILES string of the molecule is CC(=O)Nc1ccc(N(CCNC(=O)Cc2cccc(C)c2)C(C)=O)cc1. The maximum atomic E-state index is 12.1. The van der Waals surface area contributed by atoms with Crippen molar-refractivity contribution in [3.05, 3.63) is 59.7 Å². The van der Waals surface area contributed by atoms with Gasteiger partial charge in [-0.2, -0.15) is 0 Å². The minimum absolute atomic E-state index is 0.0786. The van der Waals surface area contributed by atoms with Gasteiger partial charge in [0.05, 0.1) is 6.42 Å². The predicted molar refractivity (Wildman–Crippen MR) is 107 cm³/mol. The van der Waals surface area contributed by atoms with Crippen LogP contribution in [-0.4, -0.2) is 30.8 Å². The van der Waals surface area contributed by atoms with Crippen molar-refractivity contribution in [1.82, 2.24) is 5.32 Å². The molecule has 0 aliphatic heterocycles. The first kappa shape index (κ1) is 20.2. The highest BCUT2D eigenvalue weighted by molar-refractivity contribution is 5.93. The summed E-state index contributed by atoms with van der Waals surface area (Å²) in [6.07, 6.45) is 0.313. The van der Waals surface area contributed by atoms with Gasteiger partial charge in [-0.25, -0.2) is 0 Å². The minimum Gasteiger partial charge on any atom is -0.354 e. The van der Waals surface area contributed by atoms with Crippen LogP contribution in [-0.2, 0) is 20.8 Å². The number of benzene rings is 2. The van der Waals surface area contributed by atoms with Gasteiger partial charge in [-0.1, -0.05) is 29.8 Å². The summed E-state index contributed by atoms with van der Waals surface area (Å²) in [4.78, 5) is 36.7. The highest BCUT2D eigenvalue weighted by Crippen LogP contribution is 2.18. The van der Waals surface area contributed by atoms with Gasteiger partial charge < -0.3 is 15.5 Å². The van der Waals surface area contributed by atoms with Crippen LogP contribution < -0.4 is 15.5 Å². The first-order chi connectivity index (χ1) is 12.8. The number of amides is 3. The van der Waals surface area contributed by atoms with Crippen molar-refractivity contribution >= 4 is 29.1 Å². The Kier molecular flexibility index (Phi) is 7.11. The number of rotatable bonds is 7. The van der Waals surface area contributed by atoms with Crippen molar-refractivity contribution in [3.63, 3.8) is 0 Å². The van der Waals surface area contributed by atoms with Gasteiger partial charge in [-0.05, 0) is 36.8 Å². The number of hydrogen-bond donors (Lipinski definition) is 2. The van der Waals surface area contributed by atoms with Crippen LogP contribution >= 0.6 is 0 Å². The van der Waals surface area contributed by atoms with E-state index in [1.807, 2.05) is 31.2 Å². The molecule has 0 aliphatic carbocycles. The van der Waals surface area contributed by atoms with Crippen molar-refractivity contribution < 1.29 is 14.4 Å². The molecule has 6 heteroatoms. The Morgan fingerprint density at radius 1 is 1.00 bits per heavy atom. The summed E-state index contributed by atoms with van der Waals surface area (Å²) >= 11 is 0. The first-order valence-corrected chi connectivity index (χ1v) is 8.83. The second-order valence-corrected chi connectivity index (χ2v) is 6.41. The van der Waals surface area contributed by atoms with E-state index in [1.54, 1.807) is 29.2 Å². The van der Waals surface area contributed by atoms with Gasteiger partial charge in [-0.15, -0.1) is 0 Å². The van der Waals surface area contributed by atoms with Crippen molar-refractivity contribution in [2.24, 2.45) is 0 Å². The Morgan fingerprint density at radius 3 is 2.30 bits per heavy atom. The third-order valence-electron chi connectivity index (χ3n) is 3.98. The number of nitrogens with one attached hydrogen (secondary N) is 2. The van der Waals surface area contributed by atoms with Gasteiger partial charge in [0.2, 0.25) is 17.7 Å². The summed E-state index contributed by atoms with van der Waals surface area (Å²) in [5.41, 5.74) is 3.46. The van der Waals surface area contributed by atoms with E-state index in [0.29, 0.717) is 30.9 Å². The van der Waals surface area contributed by atoms with Crippen LogP contribution in [0.2, 0.25) is 0 Å². The fraction of sp³-hybridized carbons (Fsp3) is 0.286. The van der Waals surface area contributed by atoms with E-state index in [0.717, 1.165) is 11.1 Å². The first-order valence-electron chi connectivity index (χ1n) is 8.83. The maximum absolute atomic E-state index is 12.1. The predicted octanol–water partition coefficient (Wildman–Crippen LogP) is 2.67. The number of nitrogens with zero attached hydrogens (tertiary/aromatic N) is 1. The quantitative estimate of drug-likeness (QED) is 0.790. The lowest BCUT2D eigenvalue weighted by atomic mass is 10.1. The Morgan fingerprint density at radius 2 is 1.70 bits per heavy atom. The summed E-state index contributed by atoms with van der Waals surface area (Å²) in [6, 6.07) is 14.8. The second-order valence-electron chi connectivity index (χ2n) is 6.41. The molecule has 3 amide bonds. The zero-order chi connectivity index (χ0) is 19.8. The van der Waals surface area contributed by atoms with E-state index in [2.05, 4.69) is 10.6 Å². The van der Waals surface area contributed by atoms with Gasteiger partial charge in [0.15, 0.2) is 0 Å². The Bertz CT molecular complexity index is 816. The molecule has 2 aromatic carbocycles. The van der Waals surface area contributed by atoms with Crippen molar-refractivity contribution in [3.8, 4) is 0 Å². The van der Waals surface area contributed by atoms with Crippen molar-refractivity contribution in [2.45, 2.75) is 27.2 Å². The van der Waals surface area contributed by atoms with Crippen LogP contribution in [0, 0.1) is 6.92 Å². The summed E-state index contributed by atoms with van der Waals surface area (Å²) in [5, 5.41) is 5.54. The van der Waals surface area contributed by atoms with Crippen LogP contribution in [0.3, 0.4) is 0 Å². The fourth-order valence-electron chi connectivity index (χ4n) is 2.77. The van der Waals surface area contributed by atoms with Crippen molar-refractivity contribution in [2.75, 3.05) is 23.3 Å². The normalized spacial score (nSPS) is 10.2. The van der Waals surface area contributed by atoms with Gasteiger partial charge in [0.1, 0.15) is 0 Å². The molecule has 0 unspecified atom stereocenters. The minimum atomic E-state index is -0.150. The Balaban J connectivity index is 1.89. The smallest absolute Gasteiger partial charge is 0.224 e. The third kappa shape index (κ3) is 6.58. The average Bonchev–Trinajstić information content (AvgIpc) is 2.59. The molecule has 0 saturated carbocycles. The lowest BCUT2D eigenvalue weighted by molar-refractivity contribution is -0.121. The van der Waals surface area contributed by atoms with E-state index in [1.165, 1.54) is 13.8 Å². The largest absolute Gasteiger partial charge is 0.354 e. The molecule has 6 nitrogen and oxygen atoms in total. The highest BCUT2D eigenvalue weighted by atomic mass is 16.2. The van der Waals surface area contributed by atoms with Crippen LogP contribution in [0.15, 0.2) is 48.5 Å². The van der Waals surface area contributed by atoms with Gasteiger partial charge in [0.25, 0.3) is 0 Å². The van der Waals surface area contributed by atoms with Crippen LogP contribution in [0.5, 0.6) is 0 Å². The number of carbonyl (C=O) groups excluding carboxylic acids is 3. The number of anilines is 2. The molecule has 0 aliphatic rings. The highest BCUT2D eigenvalue weighted by Gasteiger charge is 2.12. The van der Waals surface area contributed by atoms with E-state index in [4.69, 9.17) is 0 Å². The molecule has 0 atom stereocenters. The fourth-order valence-corrected chi connectivity index (χ4v) is 2.77. The van der Waals surface area contributed by atoms with E-state index in [9.17, 15) is 14.4 Å². The summed E-state index contributed by atoms with van der Waals surface area (Å²) in [5.74, 6) is -0.345. The average molecular weight is 367 g/mol. The standard InChI is InChI=1S/C21H25N3O3/c1-15-5-4-6-18(13-15)14-21(27)22-11-12-24(17(3)26)20-9-7-19(8-10-20)23-16(2)25/h4-10,13H,11-12,14H2,1-3H3,(H,22,27)(H,23,25). The molecule has 142 valence electrons. The summed E-state index contributed by atoms with van der Waals surface area (Å²) < 4.78 is 0. The summed E-state index contributed by atoms with van der Waals surface area (Å²) in [7, 11) is 0.